The highest BCUT2D eigenvalue weighted by Gasteiger charge is 2.09. The summed E-state index contributed by atoms with van der Waals surface area (Å²) in [6.07, 6.45) is 1.36. The van der Waals surface area contributed by atoms with Crippen molar-refractivity contribution in [3.63, 3.8) is 0 Å². The van der Waals surface area contributed by atoms with Crippen LogP contribution in [-0.4, -0.2) is 35.7 Å². The van der Waals surface area contributed by atoms with Crippen molar-refractivity contribution in [1.82, 2.24) is 10.7 Å². The number of rotatable bonds is 8. The Morgan fingerprint density at radius 1 is 1.41 bits per heavy atom. The van der Waals surface area contributed by atoms with Crippen LogP contribution >= 0.6 is 12.2 Å². The lowest BCUT2D eigenvalue weighted by Crippen LogP contribution is -2.33. The van der Waals surface area contributed by atoms with Crippen molar-refractivity contribution in [3.8, 4) is 5.75 Å². The molecule has 0 heterocycles. The Morgan fingerprint density at radius 3 is 2.86 bits per heavy atom. The van der Waals surface area contributed by atoms with Gasteiger partial charge in [-0.3, -0.25) is 5.43 Å². The van der Waals surface area contributed by atoms with Gasteiger partial charge in [-0.25, -0.2) is 4.39 Å². The third kappa shape index (κ3) is 6.36. The first-order chi connectivity index (χ1) is 10.6. The summed E-state index contributed by atoms with van der Waals surface area (Å²) in [4.78, 5) is 0. The van der Waals surface area contributed by atoms with Crippen LogP contribution in [0.4, 0.5) is 4.39 Å². The molecule has 0 amide bonds. The van der Waals surface area contributed by atoms with Gasteiger partial charge in [-0.1, -0.05) is 6.92 Å². The summed E-state index contributed by atoms with van der Waals surface area (Å²) in [6, 6.07) is 3.75. The summed E-state index contributed by atoms with van der Waals surface area (Å²) in [6.45, 7) is 5.86. The summed E-state index contributed by atoms with van der Waals surface area (Å²) in [7, 11) is 0. The molecule has 1 rings (SSSR count). The summed E-state index contributed by atoms with van der Waals surface area (Å²) in [5.41, 5.74) is 3.58. The molecule has 0 bridgehead atoms. The normalized spacial score (nSPS) is 11.3. The zero-order chi connectivity index (χ0) is 16.4. The molecule has 0 saturated heterocycles. The Kier molecular flexibility index (Phi) is 8.39. The smallest absolute Gasteiger partial charge is 0.186 e. The number of hydrazone groups is 1. The number of thiocarbonyl (C=S) groups is 1. The van der Waals surface area contributed by atoms with Crippen molar-refractivity contribution >= 4 is 23.0 Å². The molecule has 122 valence electrons. The van der Waals surface area contributed by atoms with E-state index in [2.05, 4.69) is 15.8 Å². The SMILES string of the molecule is CCOCCCNC(=S)N/N=C(\CC)c1cc(F)ccc1O. The van der Waals surface area contributed by atoms with Gasteiger partial charge in [-0.15, -0.1) is 0 Å². The average Bonchev–Trinajstić information content (AvgIpc) is 2.51. The molecule has 5 nitrogen and oxygen atoms in total. The molecule has 7 heteroatoms. The average molecular weight is 327 g/mol. The van der Waals surface area contributed by atoms with Crippen molar-refractivity contribution in [2.75, 3.05) is 19.8 Å². The Balaban J connectivity index is 2.54. The van der Waals surface area contributed by atoms with Crippen LogP contribution in [0.15, 0.2) is 23.3 Å². The first-order valence-electron chi connectivity index (χ1n) is 7.25. The largest absolute Gasteiger partial charge is 0.507 e. The standard InChI is InChI=1S/C15H22FN3O2S/c1-3-13(12-10-11(16)6-7-14(12)20)18-19-15(22)17-8-5-9-21-4-2/h6-7,10,20H,3-5,8-9H2,1-2H3,(H2,17,19,22)/b18-13+. The zero-order valence-corrected chi connectivity index (χ0v) is 13.7. The molecule has 0 atom stereocenters. The van der Waals surface area contributed by atoms with Gasteiger partial charge in [0.25, 0.3) is 0 Å². The van der Waals surface area contributed by atoms with Gasteiger partial charge in [0.05, 0.1) is 5.71 Å². The fourth-order valence-electron chi connectivity index (χ4n) is 1.75. The molecule has 1 aromatic rings. The fourth-order valence-corrected chi connectivity index (χ4v) is 1.90. The third-order valence-corrected chi connectivity index (χ3v) is 3.09. The van der Waals surface area contributed by atoms with E-state index in [1.807, 2.05) is 13.8 Å². The topological polar surface area (TPSA) is 65.9 Å². The van der Waals surface area contributed by atoms with Crippen LogP contribution in [0.1, 0.15) is 32.3 Å². The Bertz CT molecular complexity index is 524. The molecule has 0 aromatic heterocycles. The zero-order valence-electron chi connectivity index (χ0n) is 12.9. The van der Waals surface area contributed by atoms with Crippen LogP contribution in [-0.2, 0) is 4.74 Å². The maximum absolute atomic E-state index is 13.3. The second-order valence-corrected chi connectivity index (χ2v) is 4.90. The van der Waals surface area contributed by atoms with Crippen LogP contribution < -0.4 is 10.7 Å². The second-order valence-electron chi connectivity index (χ2n) is 4.49. The van der Waals surface area contributed by atoms with Gasteiger partial charge in [0.2, 0.25) is 0 Å². The lowest BCUT2D eigenvalue weighted by atomic mass is 10.1. The minimum atomic E-state index is -0.425. The number of ether oxygens (including phenoxy) is 1. The molecule has 0 saturated carbocycles. The highest BCUT2D eigenvalue weighted by Crippen LogP contribution is 2.19. The van der Waals surface area contributed by atoms with E-state index in [0.717, 1.165) is 6.42 Å². The van der Waals surface area contributed by atoms with Crippen LogP contribution in [0.5, 0.6) is 5.75 Å². The van der Waals surface area contributed by atoms with Crippen LogP contribution in [0.2, 0.25) is 0 Å². The quantitative estimate of drug-likeness (QED) is 0.296. The fraction of sp³-hybridized carbons (Fsp3) is 0.467. The molecular formula is C15H22FN3O2S. The number of phenolic OH excluding ortho intramolecular Hbond substituents is 1. The summed E-state index contributed by atoms with van der Waals surface area (Å²) in [5, 5.41) is 17.3. The highest BCUT2D eigenvalue weighted by molar-refractivity contribution is 7.80. The van der Waals surface area contributed by atoms with E-state index in [4.69, 9.17) is 17.0 Å². The van der Waals surface area contributed by atoms with Crippen molar-refractivity contribution in [2.24, 2.45) is 5.10 Å². The van der Waals surface area contributed by atoms with Gasteiger partial charge in [0.1, 0.15) is 11.6 Å². The van der Waals surface area contributed by atoms with E-state index in [-0.39, 0.29) is 5.75 Å². The Hall–Kier alpha value is -1.73. The van der Waals surface area contributed by atoms with Gasteiger partial charge < -0.3 is 15.2 Å². The van der Waals surface area contributed by atoms with Crippen LogP contribution in [0.25, 0.3) is 0 Å². The van der Waals surface area contributed by atoms with E-state index < -0.39 is 5.82 Å². The molecular weight excluding hydrogens is 305 g/mol. The van der Waals surface area contributed by atoms with Crippen molar-refractivity contribution in [2.45, 2.75) is 26.7 Å². The van der Waals surface area contributed by atoms with Crippen molar-refractivity contribution in [1.29, 1.82) is 0 Å². The van der Waals surface area contributed by atoms with Gasteiger partial charge in [-0.05, 0) is 50.2 Å². The number of phenols is 1. The van der Waals surface area contributed by atoms with E-state index >= 15 is 0 Å². The first-order valence-corrected chi connectivity index (χ1v) is 7.66. The molecule has 1 aromatic carbocycles. The number of hydrogen-bond acceptors (Lipinski definition) is 4. The molecule has 0 aliphatic rings. The number of aromatic hydroxyl groups is 1. The molecule has 0 aliphatic carbocycles. The van der Waals surface area contributed by atoms with Crippen LogP contribution in [0.3, 0.4) is 0 Å². The van der Waals surface area contributed by atoms with E-state index in [0.29, 0.717) is 42.6 Å². The lowest BCUT2D eigenvalue weighted by Gasteiger charge is -2.10. The molecule has 0 radical (unpaired) electrons. The Morgan fingerprint density at radius 2 is 2.18 bits per heavy atom. The molecule has 3 N–H and O–H groups in total. The van der Waals surface area contributed by atoms with E-state index in [1.165, 1.54) is 18.2 Å². The minimum absolute atomic E-state index is 0.0145. The number of hydrogen-bond donors (Lipinski definition) is 3. The number of nitrogens with one attached hydrogen (secondary N) is 2. The summed E-state index contributed by atoms with van der Waals surface area (Å²) >= 11 is 5.10. The molecule has 0 fully saturated rings. The predicted octanol–water partition coefficient (Wildman–Crippen LogP) is 2.54. The molecule has 0 spiro atoms. The summed E-state index contributed by atoms with van der Waals surface area (Å²) < 4.78 is 18.5. The van der Waals surface area contributed by atoms with Crippen molar-refractivity contribution < 1.29 is 14.2 Å². The molecule has 0 aliphatic heterocycles. The third-order valence-electron chi connectivity index (χ3n) is 2.85. The first kappa shape index (κ1) is 18.3. The number of halogens is 1. The number of benzene rings is 1. The van der Waals surface area contributed by atoms with Crippen molar-refractivity contribution in [3.05, 3.63) is 29.6 Å². The maximum atomic E-state index is 13.3. The maximum Gasteiger partial charge on any atom is 0.186 e. The van der Waals surface area contributed by atoms with Gasteiger partial charge in [0.15, 0.2) is 5.11 Å². The lowest BCUT2D eigenvalue weighted by molar-refractivity contribution is 0.145. The summed E-state index contributed by atoms with van der Waals surface area (Å²) in [5.74, 6) is -0.440. The van der Waals surface area contributed by atoms with E-state index in [1.54, 1.807) is 0 Å². The molecule has 22 heavy (non-hydrogen) atoms. The Labute approximate surface area is 135 Å². The van der Waals surface area contributed by atoms with Gasteiger partial charge in [0, 0.05) is 25.3 Å². The van der Waals surface area contributed by atoms with Crippen LogP contribution in [0, 0.1) is 5.82 Å². The predicted molar refractivity (Wildman–Crippen MR) is 89.7 cm³/mol. The van der Waals surface area contributed by atoms with Gasteiger partial charge >= 0.3 is 0 Å². The second kappa shape index (κ2) is 10.1. The highest BCUT2D eigenvalue weighted by atomic mass is 32.1. The van der Waals surface area contributed by atoms with Gasteiger partial charge in [-0.2, -0.15) is 5.10 Å². The van der Waals surface area contributed by atoms with E-state index in [9.17, 15) is 9.50 Å². The minimum Gasteiger partial charge on any atom is -0.507 e. The monoisotopic (exact) mass is 327 g/mol. The molecule has 0 unspecified atom stereocenters. The number of nitrogens with zero attached hydrogens (tertiary/aromatic N) is 1.